The third-order valence-electron chi connectivity index (χ3n) is 3.15. The van der Waals surface area contributed by atoms with Crippen LogP contribution in [-0.2, 0) is 17.8 Å². The Hall–Kier alpha value is -2.82. The fourth-order valence-electron chi connectivity index (χ4n) is 2.11. The Labute approximate surface area is 121 Å². The predicted molar refractivity (Wildman–Crippen MR) is 80.4 cm³/mol. The van der Waals surface area contributed by atoms with Gasteiger partial charge in [-0.1, -0.05) is 6.07 Å². The zero-order valence-electron chi connectivity index (χ0n) is 11.4. The van der Waals surface area contributed by atoms with E-state index in [4.69, 9.17) is 10.2 Å². The van der Waals surface area contributed by atoms with Gasteiger partial charge in [0.1, 0.15) is 5.76 Å². The van der Waals surface area contributed by atoms with Crippen molar-refractivity contribution in [2.75, 3.05) is 5.73 Å². The number of anilines is 1. The third-order valence-corrected chi connectivity index (χ3v) is 3.15. The lowest BCUT2D eigenvalue weighted by Gasteiger charge is -2.05. The summed E-state index contributed by atoms with van der Waals surface area (Å²) >= 11 is 0. The highest BCUT2D eigenvalue weighted by Crippen LogP contribution is 2.16. The molecule has 0 fully saturated rings. The van der Waals surface area contributed by atoms with Gasteiger partial charge in [0.15, 0.2) is 0 Å². The van der Waals surface area contributed by atoms with Gasteiger partial charge in [-0.2, -0.15) is 0 Å². The van der Waals surface area contributed by atoms with E-state index in [9.17, 15) is 4.79 Å². The summed E-state index contributed by atoms with van der Waals surface area (Å²) in [5, 5.41) is 3.77. The summed E-state index contributed by atoms with van der Waals surface area (Å²) in [4.78, 5) is 16.3. The van der Waals surface area contributed by atoms with E-state index in [1.807, 2.05) is 30.3 Å². The molecule has 106 valence electrons. The second kappa shape index (κ2) is 5.66. The van der Waals surface area contributed by atoms with E-state index in [1.54, 1.807) is 18.4 Å². The number of nitrogens with two attached hydrogens (primary N) is 1. The molecule has 5 heteroatoms. The minimum absolute atomic E-state index is 0.0892. The molecule has 5 nitrogen and oxygen atoms in total. The normalized spacial score (nSPS) is 10.7. The molecule has 1 amide bonds. The largest absolute Gasteiger partial charge is 0.467 e. The first-order valence-corrected chi connectivity index (χ1v) is 6.65. The van der Waals surface area contributed by atoms with Crippen molar-refractivity contribution in [2.45, 2.75) is 13.0 Å². The summed E-state index contributed by atoms with van der Waals surface area (Å²) in [7, 11) is 0. The first-order chi connectivity index (χ1) is 10.2. The second-order valence-corrected chi connectivity index (χ2v) is 4.79. The van der Waals surface area contributed by atoms with Crippen LogP contribution in [-0.4, -0.2) is 10.9 Å². The Kier molecular flexibility index (Phi) is 3.55. The Morgan fingerprint density at radius 1 is 1.24 bits per heavy atom. The number of amides is 1. The molecule has 0 spiro atoms. The standard InChI is InChI=1S/C16H15N3O2/c17-12-4-6-15-11(8-12)3-5-13(19-15)9-16(20)18-10-14-2-1-7-21-14/h1-8H,9-10,17H2,(H,18,20). The fourth-order valence-corrected chi connectivity index (χ4v) is 2.11. The van der Waals surface area contributed by atoms with Gasteiger partial charge in [-0.3, -0.25) is 9.78 Å². The van der Waals surface area contributed by atoms with Crippen molar-refractivity contribution in [1.29, 1.82) is 0 Å². The SMILES string of the molecule is Nc1ccc2nc(CC(=O)NCc3ccco3)ccc2c1. The van der Waals surface area contributed by atoms with Gasteiger partial charge in [0.25, 0.3) is 0 Å². The van der Waals surface area contributed by atoms with E-state index in [-0.39, 0.29) is 12.3 Å². The van der Waals surface area contributed by atoms with Gasteiger partial charge in [-0.05, 0) is 36.4 Å². The van der Waals surface area contributed by atoms with E-state index >= 15 is 0 Å². The number of benzene rings is 1. The van der Waals surface area contributed by atoms with Crippen LogP contribution in [0.25, 0.3) is 10.9 Å². The topological polar surface area (TPSA) is 81.1 Å². The number of hydrogen-bond donors (Lipinski definition) is 2. The number of nitrogen functional groups attached to an aromatic ring is 1. The quantitative estimate of drug-likeness (QED) is 0.719. The van der Waals surface area contributed by atoms with Crippen LogP contribution >= 0.6 is 0 Å². The molecule has 3 aromatic rings. The van der Waals surface area contributed by atoms with Gasteiger partial charge in [-0.15, -0.1) is 0 Å². The molecule has 2 heterocycles. The average molecular weight is 281 g/mol. The number of rotatable bonds is 4. The Bertz CT molecular complexity index is 766. The van der Waals surface area contributed by atoms with Crippen molar-refractivity contribution in [1.82, 2.24) is 10.3 Å². The van der Waals surface area contributed by atoms with Gasteiger partial charge in [0.05, 0.1) is 30.4 Å². The van der Waals surface area contributed by atoms with Crippen LogP contribution in [0.4, 0.5) is 5.69 Å². The van der Waals surface area contributed by atoms with Gasteiger partial charge in [-0.25, -0.2) is 0 Å². The number of furan rings is 1. The Morgan fingerprint density at radius 3 is 2.95 bits per heavy atom. The third kappa shape index (κ3) is 3.20. The maximum absolute atomic E-state index is 11.9. The molecular formula is C16H15N3O2. The lowest BCUT2D eigenvalue weighted by Crippen LogP contribution is -2.24. The predicted octanol–water partition coefficient (Wildman–Crippen LogP) is 2.27. The molecule has 3 N–H and O–H groups in total. The highest BCUT2D eigenvalue weighted by Gasteiger charge is 2.06. The highest BCUT2D eigenvalue weighted by molar-refractivity contribution is 5.83. The second-order valence-electron chi connectivity index (χ2n) is 4.79. The van der Waals surface area contributed by atoms with Gasteiger partial charge in [0, 0.05) is 11.1 Å². The van der Waals surface area contributed by atoms with Crippen LogP contribution in [0.3, 0.4) is 0 Å². The molecule has 0 saturated carbocycles. The lowest BCUT2D eigenvalue weighted by atomic mass is 10.1. The van der Waals surface area contributed by atoms with Crippen LogP contribution in [0.15, 0.2) is 53.1 Å². The van der Waals surface area contributed by atoms with Crippen molar-refractivity contribution in [3.8, 4) is 0 Å². The molecular weight excluding hydrogens is 266 g/mol. The summed E-state index contributed by atoms with van der Waals surface area (Å²) in [6, 6.07) is 12.9. The number of carbonyl (C=O) groups excluding carboxylic acids is 1. The number of fused-ring (bicyclic) bond motifs is 1. The molecule has 0 atom stereocenters. The van der Waals surface area contributed by atoms with Crippen LogP contribution in [0.2, 0.25) is 0 Å². The summed E-state index contributed by atoms with van der Waals surface area (Å²) in [6.07, 6.45) is 1.82. The van der Waals surface area contributed by atoms with Crippen molar-refractivity contribution in [3.05, 3.63) is 60.2 Å². The molecule has 21 heavy (non-hydrogen) atoms. The number of nitrogens with one attached hydrogen (secondary N) is 1. The average Bonchev–Trinajstić information content (AvgIpc) is 2.99. The first-order valence-electron chi connectivity index (χ1n) is 6.65. The number of aromatic nitrogens is 1. The van der Waals surface area contributed by atoms with Gasteiger partial charge >= 0.3 is 0 Å². The minimum Gasteiger partial charge on any atom is -0.467 e. The number of hydrogen-bond acceptors (Lipinski definition) is 4. The zero-order valence-corrected chi connectivity index (χ0v) is 11.4. The number of carbonyl (C=O) groups is 1. The van der Waals surface area contributed by atoms with Crippen LogP contribution in [0, 0.1) is 0 Å². The minimum atomic E-state index is -0.0892. The maximum atomic E-state index is 11.9. The Balaban J connectivity index is 1.66. The molecule has 0 radical (unpaired) electrons. The van der Waals surface area contributed by atoms with E-state index in [2.05, 4.69) is 10.3 Å². The fraction of sp³-hybridized carbons (Fsp3) is 0.125. The lowest BCUT2D eigenvalue weighted by molar-refractivity contribution is -0.120. The maximum Gasteiger partial charge on any atom is 0.226 e. The van der Waals surface area contributed by atoms with Crippen molar-refractivity contribution < 1.29 is 9.21 Å². The molecule has 0 aliphatic heterocycles. The van der Waals surface area contributed by atoms with Gasteiger partial charge in [0.2, 0.25) is 5.91 Å². The Morgan fingerprint density at radius 2 is 2.14 bits per heavy atom. The van der Waals surface area contributed by atoms with Crippen LogP contribution in [0.1, 0.15) is 11.5 Å². The smallest absolute Gasteiger partial charge is 0.226 e. The molecule has 1 aromatic carbocycles. The summed E-state index contributed by atoms with van der Waals surface area (Å²) in [6.45, 7) is 0.385. The highest BCUT2D eigenvalue weighted by atomic mass is 16.3. The van der Waals surface area contributed by atoms with Crippen LogP contribution < -0.4 is 11.1 Å². The zero-order chi connectivity index (χ0) is 14.7. The van der Waals surface area contributed by atoms with E-state index < -0.39 is 0 Å². The molecule has 0 aliphatic carbocycles. The van der Waals surface area contributed by atoms with Crippen LogP contribution in [0.5, 0.6) is 0 Å². The van der Waals surface area contributed by atoms with Crippen molar-refractivity contribution >= 4 is 22.5 Å². The summed E-state index contributed by atoms with van der Waals surface area (Å²) in [5.74, 6) is 0.638. The molecule has 3 rings (SSSR count). The summed E-state index contributed by atoms with van der Waals surface area (Å²) in [5.41, 5.74) is 7.99. The number of nitrogens with zero attached hydrogens (tertiary/aromatic N) is 1. The van der Waals surface area contributed by atoms with Crippen molar-refractivity contribution in [2.24, 2.45) is 0 Å². The van der Waals surface area contributed by atoms with E-state index in [0.29, 0.717) is 12.2 Å². The molecule has 0 unspecified atom stereocenters. The number of pyridine rings is 1. The first kappa shape index (κ1) is 13.2. The monoisotopic (exact) mass is 281 g/mol. The molecule has 2 aromatic heterocycles. The molecule has 0 bridgehead atoms. The van der Waals surface area contributed by atoms with Crippen molar-refractivity contribution in [3.63, 3.8) is 0 Å². The molecule has 0 aliphatic rings. The van der Waals surface area contributed by atoms with E-state index in [1.165, 1.54) is 0 Å². The van der Waals surface area contributed by atoms with E-state index in [0.717, 1.165) is 22.4 Å². The summed E-state index contributed by atoms with van der Waals surface area (Å²) < 4.78 is 5.16. The molecule has 0 saturated heterocycles. The van der Waals surface area contributed by atoms with Gasteiger partial charge < -0.3 is 15.5 Å².